The van der Waals surface area contributed by atoms with Crippen LogP contribution in [0, 0.1) is 0 Å². The Morgan fingerprint density at radius 3 is 2.69 bits per heavy atom. The molecule has 0 atom stereocenters. The normalized spacial score (nSPS) is 14.9. The molecule has 0 radical (unpaired) electrons. The van der Waals surface area contributed by atoms with E-state index < -0.39 is 5.60 Å². The monoisotopic (exact) mass is 419 g/mol. The van der Waals surface area contributed by atoms with Gasteiger partial charge in [0.2, 0.25) is 0 Å². The van der Waals surface area contributed by atoms with Gasteiger partial charge in [0.15, 0.2) is 0 Å². The van der Waals surface area contributed by atoms with Gasteiger partial charge in [-0.05, 0) is 51.9 Å². The molecule has 26 heavy (non-hydrogen) atoms. The summed E-state index contributed by atoms with van der Waals surface area (Å²) in [5.41, 5.74) is 1.95. The number of rotatable bonds is 5. The van der Waals surface area contributed by atoms with Crippen molar-refractivity contribution >= 4 is 21.9 Å². The van der Waals surface area contributed by atoms with Crippen LogP contribution >= 0.6 is 15.9 Å². The van der Waals surface area contributed by atoms with Crippen molar-refractivity contribution in [1.82, 2.24) is 4.90 Å². The van der Waals surface area contributed by atoms with Crippen LogP contribution in [0.25, 0.3) is 11.3 Å². The van der Waals surface area contributed by atoms with Crippen molar-refractivity contribution in [2.24, 2.45) is 0 Å². The van der Waals surface area contributed by atoms with Crippen LogP contribution in [0.15, 0.2) is 39.2 Å². The summed E-state index contributed by atoms with van der Waals surface area (Å²) in [6.07, 6.45) is 2.20. The molecule has 5 heteroatoms. The SMILES string of the molecule is CC(C)(C)OC(=O)CCCN1CCc2oc(-c3ccc(Br)cc3)cc2C1. The van der Waals surface area contributed by atoms with Gasteiger partial charge < -0.3 is 9.15 Å². The lowest BCUT2D eigenvalue weighted by molar-refractivity contribution is -0.155. The van der Waals surface area contributed by atoms with Crippen molar-refractivity contribution in [2.45, 2.75) is 52.2 Å². The highest BCUT2D eigenvalue weighted by Gasteiger charge is 2.22. The summed E-state index contributed by atoms with van der Waals surface area (Å²) in [4.78, 5) is 14.2. The molecular formula is C21H26BrNO3. The standard InChI is InChI=1S/C21H26BrNO3/c1-21(2,3)26-20(24)5-4-11-23-12-10-18-16(14-23)13-19(25-18)15-6-8-17(22)9-7-15/h6-9,13H,4-5,10-12,14H2,1-3H3. The fraction of sp³-hybridized carbons (Fsp3) is 0.476. The number of hydrogen-bond acceptors (Lipinski definition) is 4. The summed E-state index contributed by atoms with van der Waals surface area (Å²) in [6.45, 7) is 8.45. The van der Waals surface area contributed by atoms with Crippen molar-refractivity contribution in [3.63, 3.8) is 0 Å². The van der Waals surface area contributed by atoms with E-state index in [0.29, 0.717) is 6.42 Å². The van der Waals surface area contributed by atoms with Gasteiger partial charge in [0.1, 0.15) is 17.1 Å². The van der Waals surface area contributed by atoms with E-state index >= 15 is 0 Å². The molecule has 1 aromatic carbocycles. The Labute approximate surface area is 163 Å². The Bertz CT molecular complexity index is 759. The number of hydrogen-bond donors (Lipinski definition) is 0. The van der Waals surface area contributed by atoms with Gasteiger partial charge in [0, 0.05) is 41.5 Å². The minimum absolute atomic E-state index is 0.115. The zero-order valence-electron chi connectivity index (χ0n) is 15.7. The molecule has 1 aliphatic rings. The van der Waals surface area contributed by atoms with Crippen LogP contribution < -0.4 is 0 Å². The van der Waals surface area contributed by atoms with E-state index in [2.05, 4.69) is 39.0 Å². The van der Waals surface area contributed by atoms with Gasteiger partial charge in [-0.1, -0.05) is 28.1 Å². The minimum Gasteiger partial charge on any atom is -0.461 e. The Hall–Kier alpha value is -1.59. The Morgan fingerprint density at radius 1 is 1.27 bits per heavy atom. The fourth-order valence-corrected chi connectivity index (χ4v) is 3.44. The Kier molecular flexibility index (Phi) is 5.88. The summed E-state index contributed by atoms with van der Waals surface area (Å²) in [6, 6.07) is 10.3. The zero-order chi connectivity index (χ0) is 18.7. The van der Waals surface area contributed by atoms with E-state index in [1.165, 1.54) is 5.56 Å². The maximum Gasteiger partial charge on any atom is 0.306 e. The number of carbonyl (C=O) groups excluding carboxylic acids is 1. The quantitative estimate of drug-likeness (QED) is 0.625. The first-order chi connectivity index (χ1) is 12.3. The molecule has 0 saturated heterocycles. The average Bonchev–Trinajstić information content (AvgIpc) is 2.97. The molecule has 1 aromatic heterocycles. The van der Waals surface area contributed by atoms with Crippen molar-refractivity contribution in [1.29, 1.82) is 0 Å². The third-order valence-electron chi connectivity index (χ3n) is 4.35. The number of nitrogens with zero attached hydrogens (tertiary/aromatic N) is 1. The highest BCUT2D eigenvalue weighted by atomic mass is 79.9. The third kappa shape index (κ3) is 5.21. The topological polar surface area (TPSA) is 42.7 Å². The molecule has 1 aliphatic heterocycles. The lowest BCUT2D eigenvalue weighted by Crippen LogP contribution is -2.31. The van der Waals surface area contributed by atoms with Crippen LogP contribution in [0.1, 0.15) is 44.9 Å². The second-order valence-electron chi connectivity index (χ2n) is 7.78. The van der Waals surface area contributed by atoms with Gasteiger partial charge >= 0.3 is 5.97 Å². The van der Waals surface area contributed by atoms with Crippen LogP contribution in [0.2, 0.25) is 0 Å². The van der Waals surface area contributed by atoms with E-state index in [-0.39, 0.29) is 5.97 Å². The van der Waals surface area contributed by atoms with E-state index in [4.69, 9.17) is 9.15 Å². The summed E-state index contributed by atoms with van der Waals surface area (Å²) >= 11 is 3.46. The summed E-state index contributed by atoms with van der Waals surface area (Å²) in [7, 11) is 0. The molecule has 0 spiro atoms. The minimum atomic E-state index is -0.405. The number of carbonyl (C=O) groups is 1. The number of fused-ring (bicyclic) bond motifs is 1. The summed E-state index contributed by atoms with van der Waals surface area (Å²) in [5, 5.41) is 0. The second kappa shape index (κ2) is 7.97. The van der Waals surface area contributed by atoms with E-state index in [1.54, 1.807) is 0 Å². The predicted octanol–water partition coefficient (Wildman–Crippen LogP) is 5.19. The number of halogens is 1. The van der Waals surface area contributed by atoms with Crippen LogP contribution in [0.5, 0.6) is 0 Å². The molecule has 0 N–H and O–H groups in total. The maximum absolute atomic E-state index is 11.8. The first-order valence-electron chi connectivity index (χ1n) is 9.12. The van der Waals surface area contributed by atoms with Gasteiger partial charge in [-0.2, -0.15) is 0 Å². The van der Waals surface area contributed by atoms with Crippen LogP contribution in [0.4, 0.5) is 0 Å². The molecule has 3 rings (SSSR count). The number of ether oxygens (including phenoxy) is 1. The summed E-state index contributed by atoms with van der Waals surface area (Å²) < 4.78 is 12.5. The van der Waals surface area contributed by atoms with Crippen LogP contribution in [-0.4, -0.2) is 29.6 Å². The van der Waals surface area contributed by atoms with Crippen LogP contribution in [0.3, 0.4) is 0 Å². The molecule has 0 fully saturated rings. The Morgan fingerprint density at radius 2 is 2.00 bits per heavy atom. The molecule has 4 nitrogen and oxygen atoms in total. The first-order valence-corrected chi connectivity index (χ1v) is 9.91. The van der Waals surface area contributed by atoms with Crippen LogP contribution in [-0.2, 0) is 22.5 Å². The number of benzene rings is 1. The molecule has 0 bridgehead atoms. The predicted molar refractivity (Wildman–Crippen MR) is 106 cm³/mol. The highest BCUT2D eigenvalue weighted by Crippen LogP contribution is 2.30. The van der Waals surface area contributed by atoms with Gasteiger partial charge in [-0.3, -0.25) is 9.69 Å². The largest absolute Gasteiger partial charge is 0.461 e. The fourth-order valence-electron chi connectivity index (χ4n) is 3.18. The number of furan rings is 1. The molecular weight excluding hydrogens is 394 g/mol. The highest BCUT2D eigenvalue weighted by molar-refractivity contribution is 9.10. The lowest BCUT2D eigenvalue weighted by atomic mass is 10.1. The molecule has 0 saturated carbocycles. The summed E-state index contributed by atoms with van der Waals surface area (Å²) in [5.74, 6) is 1.90. The molecule has 0 aliphatic carbocycles. The molecule has 2 heterocycles. The van der Waals surface area contributed by atoms with Crippen molar-refractivity contribution < 1.29 is 13.9 Å². The van der Waals surface area contributed by atoms with Crippen molar-refractivity contribution in [3.8, 4) is 11.3 Å². The van der Waals surface area contributed by atoms with Gasteiger partial charge in [-0.15, -0.1) is 0 Å². The van der Waals surface area contributed by atoms with Crippen molar-refractivity contribution in [3.05, 3.63) is 46.1 Å². The van der Waals surface area contributed by atoms with Gasteiger partial charge in [-0.25, -0.2) is 0 Å². The smallest absolute Gasteiger partial charge is 0.306 e. The maximum atomic E-state index is 11.8. The molecule has 0 amide bonds. The van der Waals surface area contributed by atoms with E-state index in [0.717, 1.165) is 54.0 Å². The third-order valence-corrected chi connectivity index (χ3v) is 4.88. The zero-order valence-corrected chi connectivity index (χ0v) is 17.3. The number of esters is 1. The van der Waals surface area contributed by atoms with E-state index in [9.17, 15) is 4.79 Å². The Balaban J connectivity index is 1.53. The van der Waals surface area contributed by atoms with Gasteiger partial charge in [0.05, 0.1) is 0 Å². The lowest BCUT2D eigenvalue weighted by Gasteiger charge is -2.26. The molecule has 2 aromatic rings. The van der Waals surface area contributed by atoms with Crippen molar-refractivity contribution in [2.75, 3.05) is 13.1 Å². The van der Waals surface area contributed by atoms with Gasteiger partial charge in [0.25, 0.3) is 0 Å². The first kappa shape index (κ1) is 19.2. The molecule has 0 unspecified atom stereocenters. The molecule has 140 valence electrons. The second-order valence-corrected chi connectivity index (χ2v) is 8.70. The average molecular weight is 420 g/mol. The van der Waals surface area contributed by atoms with E-state index in [1.807, 2.05) is 32.9 Å².